The van der Waals surface area contributed by atoms with Gasteiger partial charge in [-0.3, -0.25) is 0 Å². The van der Waals surface area contributed by atoms with Crippen LogP contribution in [0.25, 0.3) is 22.3 Å². The summed E-state index contributed by atoms with van der Waals surface area (Å²) in [6, 6.07) is 17.2. The topological polar surface area (TPSA) is 0 Å². The molecular formula is C37H52. The Morgan fingerprint density at radius 2 is 0.730 bits per heavy atom. The van der Waals surface area contributed by atoms with Gasteiger partial charge in [-0.25, -0.2) is 0 Å². The molecule has 0 unspecified atom stereocenters. The van der Waals surface area contributed by atoms with Crippen molar-refractivity contribution in [3.8, 4) is 22.3 Å². The lowest BCUT2D eigenvalue weighted by molar-refractivity contribution is 0.872. The Hall–Kier alpha value is -2.34. The SMILES string of the molecule is CCCc1cc(CCC)c(-c2cccc(-c3c(CCC)cc(CCC)cc3CCC)c2C)c(CCC)c1. The first-order chi connectivity index (χ1) is 18.0. The summed E-state index contributed by atoms with van der Waals surface area (Å²) in [5, 5.41) is 0. The highest BCUT2D eigenvalue weighted by atomic mass is 14.2. The quantitative estimate of drug-likeness (QED) is 0.208. The Balaban J connectivity index is 2.31. The average molecular weight is 497 g/mol. The molecule has 0 bridgehead atoms. The van der Waals surface area contributed by atoms with Crippen LogP contribution in [0, 0.1) is 6.92 Å². The van der Waals surface area contributed by atoms with Gasteiger partial charge in [-0.1, -0.05) is 123 Å². The van der Waals surface area contributed by atoms with Crippen LogP contribution in [-0.4, -0.2) is 0 Å². The Bertz CT molecular complexity index is 1000. The maximum Gasteiger partial charge on any atom is -0.0117 e. The monoisotopic (exact) mass is 496 g/mol. The Morgan fingerprint density at radius 3 is 1.00 bits per heavy atom. The average Bonchev–Trinajstić information content (AvgIpc) is 2.86. The normalized spacial score (nSPS) is 11.3. The fourth-order valence-electron chi connectivity index (χ4n) is 6.28. The summed E-state index contributed by atoms with van der Waals surface area (Å²) in [5.74, 6) is 0. The maximum absolute atomic E-state index is 2.53. The van der Waals surface area contributed by atoms with Gasteiger partial charge in [0, 0.05) is 0 Å². The van der Waals surface area contributed by atoms with E-state index in [1.165, 1.54) is 90.3 Å². The lowest BCUT2D eigenvalue weighted by Crippen LogP contribution is -2.04. The van der Waals surface area contributed by atoms with Crippen molar-refractivity contribution in [2.24, 2.45) is 0 Å². The lowest BCUT2D eigenvalue weighted by atomic mass is 9.81. The smallest absolute Gasteiger partial charge is 0.0117 e. The second kappa shape index (κ2) is 14.6. The minimum absolute atomic E-state index is 1.15. The van der Waals surface area contributed by atoms with E-state index in [1.807, 2.05) is 0 Å². The van der Waals surface area contributed by atoms with Gasteiger partial charge in [-0.05, 0) is 107 Å². The fourth-order valence-corrected chi connectivity index (χ4v) is 6.28. The van der Waals surface area contributed by atoms with Crippen molar-refractivity contribution < 1.29 is 0 Å². The zero-order chi connectivity index (χ0) is 26.8. The van der Waals surface area contributed by atoms with Crippen molar-refractivity contribution in [1.29, 1.82) is 0 Å². The standard InChI is InChI=1S/C37H52/c1-8-15-28-23-30(17-10-3)36(31(24-28)18-11-4)34-21-14-22-35(27(34)7)37-32(19-12-5)25-29(16-9-2)26-33(37)20-13-6/h14,21-26H,8-13,15-20H2,1-7H3. The van der Waals surface area contributed by atoms with Gasteiger partial charge in [0.05, 0.1) is 0 Å². The van der Waals surface area contributed by atoms with E-state index in [4.69, 9.17) is 0 Å². The minimum atomic E-state index is 1.15. The molecule has 0 spiro atoms. The second-order valence-corrected chi connectivity index (χ2v) is 11.1. The Kier molecular flexibility index (Phi) is 11.5. The molecular weight excluding hydrogens is 444 g/mol. The number of rotatable bonds is 14. The van der Waals surface area contributed by atoms with Gasteiger partial charge in [0.2, 0.25) is 0 Å². The van der Waals surface area contributed by atoms with E-state index < -0.39 is 0 Å². The second-order valence-electron chi connectivity index (χ2n) is 11.1. The Morgan fingerprint density at radius 1 is 0.432 bits per heavy atom. The number of hydrogen-bond acceptors (Lipinski definition) is 0. The van der Waals surface area contributed by atoms with Gasteiger partial charge in [-0.2, -0.15) is 0 Å². The molecule has 3 aromatic carbocycles. The first-order valence-electron chi connectivity index (χ1n) is 15.4. The molecule has 0 fully saturated rings. The van der Waals surface area contributed by atoms with Crippen LogP contribution >= 0.6 is 0 Å². The van der Waals surface area contributed by atoms with E-state index in [2.05, 4.69) is 90.9 Å². The molecule has 0 radical (unpaired) electrons. The van der Waals surface area contributed by atoms with Crippen molar-refractivity contribution in [2.45, 2.75) is 126 Å². The third-order valence-corrected chi connectivity index (χ3v) is 7.75. The van der Waals surface area contributed by atoms with Gasteiger partial charge < -0.3 is 0 Å². The molecule has 0 aliphatic carbocycles. The summed E-state index contributed by atoms with van der Waals surface area (Å²) in [4.78, 5) is 0. The zero-order valence-corrected chi connectivity index (χ0v) is 25.0. The first-order valence-corrected chi connectivity index (χ1v) is 15.4. The molecule has 3 rings (SSSR count). The summed E-state index contributed by atoms with van der Waals surface area (Å²) in [5.41, 5.74) is 16.7. The predicted octanol–water partition coefficient (Wildman–Crippen LogP) is 11.0. The predicted molar refractivity (Wildman–Crippen MR) is 166 cm³/mol. The highest BCUT2D eigenvalue weighted by Crippen LogP contribution is 2.40. The maximum atomic E-state index is 2.53. The third-order valence-electron chi connectivity index (χ3n) is 7.75. The van der Waals surface area contributed by atoms with Crippen molar-refractivity contribution in [3.05, 3.63) is 81.4 Å². The molecule has 0 amide bonds. The fraction of sp³-hybridized carbons (Fsp3) is 0.514. The highest BCUT2D eigenvalue weighted by molar-refractivity contribution is 5.84. The molecule has 0 nitrogen and oxygen atoms in total. The van der Waals surface area contributed by atoms with Crippen LogP contribution in [0.15, 0.2) is 42.5 Å². The molecule has 200 valence electrons. The molecule has 0 heteroatoms. The summed E-state index contributed by atoms with van der Waals surface area (Å²) in [7, 11) is 0. The summed E-state index contributed by atoms with van der Waals surface area (Å²) < 4.78 is 0. The van der Waals surface area contributed by atoms with Gasteiger partial charge in [0.15, 0.2) is 0 Å². The van der Waals surface area contributed by atoms with Crippen LogP contribution in [0.3, 0.4) is 0 Å². The highest BCUT2D eigenvalue weighted by Gasteiger charge is 2.19. The van der Waals surface area contributed by atoms with Crippen molar-refractivity contribution in [3.63, 3.8) is 0 Å². The molecule has 0 atom stereocenters. The van der Waals surface area contributed by atoms with E-state index in [0.717, 1.165) is 25.7 Å². The molecule has 37 heavy (non-hydrogen) atoms. The molecule has 0 aliphatic rings. The number of aryl methyl sites for hydroxylation is 6. The van der Waals surface area contributed by atoms with Crippen LogP contribution in [0.5, 0.6) is 0 Å². The van der Waals surface area contributed by atoms with Crippen LogP contribution in [0.2, 0.25) is 0 Å². The summed E-state index contributed by atoms with van der Waals surface area (Å²) in [6.07, 6.45) is 14.1. The molecule has 0 heterocycles. The van der Waals surface area contributed by atoms with E-state index in [0.29, 0.717) is 0 Å². The van der Waals surface area contributed by atoms with Gasteiger partial charge in [-0.15, -0.1) is 0 Å². The minimum Gasteiger partial charge on any atom is -0.0651 e. The van der Waals surface area contributed by atoms with E-state index in [9.17, 15) is 0 Å². The van der Waals surface area contributed by atoms with E-state index in [-0.39, 0.29) is 0 Å². The molecule has 0 aromatic heterocycles. The van der Waals surface area contributed by atoms with E-state index >= 15 is 0 Å². The van der Waals surface area contributed by atoms with Crippen LogP contribution < -0.4 is 0 Å². The van der Waals surface area contributed by atoms with Crippen molar-refractivity contribution >= 4 is 0 Å². The summed E-state index contributed by atoms with van der Waals surface area (Å²) >= 11 is 0. The largest absolute Gasteiger partial charge is 0.0651 e. The molecule has 0 saturated carbocycles. The van der Waals surface area contributed by atoms with Gasteiger partial charge in [0.1, 0.15) is 0 Å². The summed E-state index contributed by atoms with van der Waals surface area (Å²) in [6.45, 7) is 16.3. The third kappa shape index (κ3) is 6.95. The number of hydrogen-bond donors (Lipinski definition) is 0. The molecule has 3 aromatic rings. The van der Waals surface area contributed by atoms with Crippen molar-refractivity contribution in [2.75, 3.05) is 0 Å². The van der Waals surface area contributed by atoms with Crippen LogP contribution in [-0.2, 0) is 38.5 Å². The lowest BCUT2D eigenvalue weighted by Gasteiger charge is -2.23. The van der Waals surface area contributed by atoms with Gasteiger partial charge in [0.25, 0.3) is 0 Å². The van der Waals surface area contributed by atoms with Crippen LogP contribution in [0.1, 0.15) is 119 Å². The van der Waals surface area contributed by atoms with E-state index in [1.54, 1.807) is 22.3 Å². The molecule has 0 aliphatic heterocycles. The van der Waals surface area contributed by atoms with Gasteiger partial charge >= 0.3 is 0 Å². The molecule has 0 saturated heterocycles. The number of benzene rings is 3. The van der Waals surface area contributed by atoms with Crippen molar-refractivity contribution in [1.82, 2.24) is 0 Å². The zero-order valence-electron chi connectivity index (χ0n) is 25.0. The van der Waals surface area contributed by atoms with Crippen LogP contribution in [0.4, 0.5) is 0 Å². The first kappa shape index (κ1) is 29.2. The molecule has 0 N–H and O–H groups in total. The Labute approximate surface area is 228 Å².